The summed E-state index contributed by atoms with van der Waals surface area (Å²) in [5, 5.41) is 0. The van der Waals surface area contributed by atoms with E-state index in [1.165, 1.54) is 0 Å². The van der Waals surface area contributed by atoms with Crippen LogP contribution in [0.4, 0.5) is 0 Å². The number of aromatic nitrogens is 4. The molecule has 0 saturated carbocycles. The van der Waals surface area contributed by atoms with Gasteiger partial charge in [0.05, 0.1) is 30.3 Å². The average molecular weight is 381 g/mol. The van der Waals surface area contributed by atoms with E-state index in [9.17, 15) is 9.59 Å². The van der Waals surface area contributed by atoms with Gasteiger partial charge in [0.1, 0.15) is 0 Å². The van der Waals surface area contributed by atoms with E-state index in [0.717, 1.165) is 11.2 Å². The first-order chi connectivity index (χ1) is 13.6. The maximum Gasteiger partial charge on any atom is 0.330 e. The Kier molecular flexibility index (Phi) is 4.95. The Hall–Kier alpha value is -3.00. The predicted molar refractivity (Wildman–Crippen MR) is 104 cm³/mol. The Morgan fingerprint density at radius 1 is 1.29 bits per heavy atom. The van der Waals surface area contributed by atoms with Crippen molar-refractivity contribution in [2.24, 2.45) is 0 Å². The molecule has 1 saturated heterocycles. The molecule has 8 nitrogen and oxygen atoms in total. The normalized spacial score (nSPS) is 16.8. The number of pyridine rings is 2. The largest absolute Gasteiger partial charge is 0.383 e. The van der Waals surface area contributed by atoms with Gasteiger partial charge in [-0.05, 0) is 37.6 Å². The van der Waals surface area contributed by atoms with Gasteiger partial charge in [0, 0.05) is 38.3 Å². The molecule has 0 spiro atoms. The molecule has 4 rings (SSSR count). The summed E-state index contributed by atoms with van der Waals surface area (Å²) in [5.41, 5.74) is 2.77. The molecule has 1 fully saturated rings. The molecule has 146 valence electrons. The minimum atomic E-state index is -0.109. The molecule has 1 unspecified atom stereocenters. The van der Waals surface area contributed by atoms with Crippen molar-refractivity contribution in [3.05, 3.63) is 58.4 Å². The van der Waals surface area contributed by atoms with Gasteiger partial charge in [-0.1, -0.05) is 0 Å². The summed E-state index contributed by atoms with van der Waals surface area (Å²) in [6.07, 6.45) is 4.01. The fraction of sp³-hybridized carbons (Fsp3) is 0.400. The van der Waals surface area contributed by atoms with Crippen LogP contribution in [-0.2, 0) is 11.3 Å². The summed E-state index contributed by atoms with van der Waals surface area (Å²) < 4.78 is 8.56. The minimum absolute atomic E-state index is 0.0564. The number of aryl methyl sites for hydroxylation is 1. The maximum atomic E-state index is 13.1. The highest BCUT2D eigenvalue weighted by Crippen LogP contribution is 2.25. The summed E-state index contributed by atoms with van der Waals surface area (Å²) in [4.78, 5) is 36.3. The van der Waals surface area contributed by atoms with Crippen molar-refractivity contribution in [2.75, 3.05) is 26.8 Å². The Balaban J connectivity index is 1.63. The number of fused-ring (bicyclic) bond motifs is 1. The monoisotopic (exact) mass is 381 g/mol. The second-order valence-corrected chi connectivity index (χ2v) is 7.03. The van der Waals surface area contributed by atoms with Gasteiger partial charge < -0.3 is 9.64 Å². The maximum absolute atomic E-state index is 13.1. The molecule has 0 N–H and O–H groups in total. The van der Waals surface area contributed by atoms with Crippen LogP contribution < -0.4 is 5.69 Å². The first kappa shape index (κ1) is 18.4. The first-order valence-electron chi connectivity index (χ1n) is 9.36. The van der Waals surface area contributed by atoms with Crippen LogP contribution in [0, 0.1) is 6.92 Å². The van der Waals surface area contributed by atoms with Crippen LogP contribution in [0.2, 0.25) is 0 Å². The quantitative estimate of drug-likeness (QED) is 0.671. The van der Waals surface area contributed by atoms with E-state index < -0.39 is 0 Å². The Labute approximate surface area is 162 Å². The van der Waals surface area contributed by atoms with Gasteiger partial charge in [0.15, 0.2) is 5.65 Å². The van der Waals surface area contributed by atoms with Crippen molar-refractivity contribution in [1.82, 2.24) is 24.0 Å². The zero-order chi connectivity index (χ0) is 19.7. The van der Waals surface area contributed by atoms with Gasteiger partial charge in [0.25, 0.3) is 5.91 Å². The number of carbonyl (C=O) groups excluding carboxylic acids is 1. The van der Waals surface area contributed by atoms with Gasteiger partial charge in [0.2, 0.25) is 0 Å². The second kappa shape index (κ2) is 7.55. The third-order valence-corrected chi connectivity index (χ3v) is 5.22. The minimum Gasteiger partial charge on any atom is -0.383 e. The van der Waals surface area contributed by atoms with E-state index in [2.05, 4.69) is 9.97 Å². The van der Waals surface area contributed by atoms with E-state index in [1.54, 1.807) is 39.6 Å². The summed E-state index contributed by atoms with van der Waals surface area (Å²) in [6, 6.07) is 7.24. The number of amides is 1. The summed E-state index contributed by atoms with van der Waals surface area (Å²) in [5.74, 6) is -0.0564. The van der Waals surface area contributed by atoms with Crippen molar-refractivity contribution >= 4 is 17.1 Å². The van der Waals surface area contributed by atoms with Crippen molar-refractivity contribution in [1.29, 1.82) is 0 Å². The van der Waals surface area contributed by atoms with E-state index in [-0.39, 0.29) is 17.6 Å². The molecule has 1 aliphatic heterocycles. The number of methoxy groups -OCH3 is 1. The number of carbonyl (C=O) groups is 1. The van der Waals surface area contributed by atoms with Gasteiger partial charge in [-0.3, -0.25) is 18.9 Å². The van der Waals surface area contributed by atoms with E-state index >= 15 is 0 Å². The zero-order valence-corrected chi connectivity index (χ0v) is 16.0. The second-order valence-electron chi connectivity index (χ2n) is 7.03. The number of imidazole rings is 1. The molecule has 3 aromatic heterocycles. The highest BCUT2D eigenvalue weighted by atomic mass is 16.5. The van der Waals surface area contributed by atoms with Gasteiger partial charge >= 0.3 is 5.69 Å². The number of ether oxygens (including phenoxy) is 1. The van der Waals surface area contributed by atoms with Crippen LogP contribution >= 0.6 is 0 Å². The number of hydrogen-bond acceptors (Lipinski definition) is 5. The number of nitrogens with zero attached hydrogens (tertiary/aromatic N) is 5. The summed E-state index contributed by atoms with van der Waals surface area (Å²) in [6.45, 7) is 3.88. The molecular formula is C20H23N5O3. The van der Waals surface area contributed by atoms with Crippen molar-refractivity contribution in [3.63, 3.8) is 0 Å². The van der Waals surface area contributed by atoms with Crippen molar-refractivity contribution in [3.8, 4) is 0 Å². The third-order valence-electron chi connectivity index (χ3n) is 5.22. The van der Waals surface area contributed by atoms with E-state index in [0.29, 0.717) is 43.9 Å². The van der Waals surface area contributed by atoms with Crippen LogP contribution in [0.15, 0.2) is 41.5 Å². The molecule has 28 heavy (non-hydrogen) atoms. The first-order valence-corrected chi connectivity index (χ1v) is 9.36. The van der Waals surface area contributed by atoms with Crippen molar-refractivity contribution < 1.29 is 9.53 Å². The molecule has 0 aliphatic carbocycles. The molecule has 0 aromatic carbocycles. The number of rotatable bonds is 5. The number of likely N-dealkylation sites (tertiary alicyclic amines) is 1. The fourth-order valence-corrected chi connectivity index (χ4v) is 3.75. The lowest BCUT2D eigenvalue weighted by atomic mass is 10.2. The Bertz CT molecular complexity index is 1050. The molecule has 4 heterocycles. The van der Waals surface area contributed by atoms with Crippen LogP contribution in [0.1, 0.15) is 28.5 Å². The standard InChI is InChI=1S/C20H23N5O3/c1-14-5-6-15(12-22-14)19(26)23-9-7-16(13-23)25-18-17(4-3-8-21-18)24(20(25)27)10-11-28-2/h3-6,8,12,16H,7,9-11,13H2,1-2H3. The smallest absolute Gasteiger partial charge is 0.330 e. The molecule has 3 aromatic rings. The summed E-state index contributed by atoms with van der Waals surface area (Å²) in [7, 11) is 1.61. The molecule has 0 bridgehead atoms. The van der Waals surface area contributed by atoms with Gasteiger partial charge in [-0.25, -0.2) is 9.78 Å². The van der Waals surface area contributed by atoms with Crippen LogP contribution in [-0.4, -0.2) is 56.7 Å². The topological polar surface area (TPSA) is 82.2 Å². The van der Waals surface area contributed by atoms with Gasteiger partial charge in [-0.15, -0.1) is 0 Å². The van der Waals surface area contributed by atoms with Crippen LogP contribution in [0.3, 0.4) is 0 Å². The third kappa shape index (κ3) is 3.20. The van der Waals surface area contributed by atoms with Crippen LogP contribution in [0.25, 0.3) is 11.2 Å². The Morgan fingerprint density at radius 2 is 2.14 bits per heavy atom. The molecule has 1 aliphatic rings. The molecule has 0 radical (unpaired) electrons. The predicted octanol–water partition coefficient (Wildman–Crippen LogP) is 1.64. The highest BCUT2D eigenvalue weighted by Gasteiger charge is 2.31. The molecule has 1 amide bonds. The number of hydrogen-bond donors (Lipinski definition) is 0. The lowest BCUT2D eigenvalue weighted by molar-refractivity contribution is 0.0787. The van der Waals surface area contributed by atoms with Gasteiger partial charge in [-0.2, -0.15) is 0 Å². The SMILES string of the molecule is COCCn1c(=O)n(C2CCN(C(=O)c3ccc(C)nc3)C2)c2ncccc21. The highest BCUT2D eigenvalue weighted by molar-refractivity contribution is 5.94. The molecule has 1 atom stereocenters. The van der Waals surface area contributed by atoms with E-state index in [4.69, 9.17) is 4.74 Å². The van der Waals surface area contributed by atoms with Crippen LogP contribution in [0.5, 0.6) is 0 Å². The zero-order valence-electron chi connectivity index (χ0n) is 16.0. The Morgan fingerprint density at radius 3 is 2.89 bits per heavy atom. The van der Waals surface area contributed by atoms with Crippen molar-refractivity contribution in [2.45, 2.75) is 25.9 Å². The lowest BCUT2D eigenvalue weighted by Gasteiger charge is -2.17. The fourth-order valence-electron chi connectivity index (χ4n) is 3.75. The summed E-state index contributed by atoms with van der Waals surface area (Å²) >= 11 is 0. The lowest BCUT2D eigenvalue weighted by Crippen LogP contribution is -2.32. The molecular weight excluding hydrogens is 358 g/mol. The average Bonchev–Trinajstić information content (AvgIpc) is 3.29. The molecule has 8 heteroatoms. The van der Waals surface area contributed by atoms with E-state index in [1.807, 2.05) is 25.1 Å².